The molecule has 1 unspecified atom stereocenters. The third-order valence-electron chi connectivity index (χ3n) is 6.93. The minimum Gasteiger partial charge on any atom is -0.507 e. The summed E-state index contributed by atoms with van der Waals surface area (Å²) in [5, 5.41) is 13.7. The number of hydrogen-bond donors (Lipinski definition) is 2. The van der Waals surface area contributed by atoms with Crippen molar-refractivity contribution < 1.29 is 19.4 Å². The average molecular weight is 384 g/mol. The van der Waals surface area contributed by atoms with Crippen LogP contribution in [0.2, 0.25) is 0 Å². The zero-order valence-electron chi connectivity index (χ0n) is 16.7. The van der Waals surface area contributed by atoms with Crippen molar-refractivity contribution in [2.75, 3.05) is 25.5 Å². The quantitative estimate of drug-likeness (QED) is 0.614. The van der Waals surface area contributed by atoms with E-state index in [-0.39, 0.29) is 29.3 Å². The summed E-state index contributed by atoms with van der Waals surface area (Å²) in [5.74, 6) is 0.446. The number of nitrogens with one attached hydrogen (secondary N) is 1. The fourth-order valence-electron chi connectivity index (χ4n) is 5.55. The molecule has 6 nitrogen and oxygen atoms in total. The van der Waals surface area contributed by atoms with Gasteiger partial charge in [-0.15, -0.1) is 0 Å². The van der Waals surface area contributed by atoms with Crippen molar-refractivity contribution in [1.29, 1.82) is 0 Å². The topological polar surface area (TPSA) is 78.9 Å². The number of phenolic OH excluding ortho intramolecular Hbond substituents is 1. The van der Waals surface area contributed by atoms with Gasteiger partial charge < -0.3 is 15.2 Å². The van der Waals surface area contributed by atoms with Crippen LogP contribution in [0.15, 0.2) is 30.0 Å². The van der Waals surface area contributed by atoms with Gasteiger partial charge in [0.1, 0.15) is 11.3 Å². The number of hydrogen-bond acceptors (Lipinski definition) is 6. The van der Waals surface area contributed by atoms with Crippen molar-refractivity contribution in [3.63, 3.8) is 0 Å². The summed E-state index contributed by atoms with van der Waals surface area (Å²) in [6, 6.07) is 5.16. The molecule has 1 spiro atoms. The number of ketones is 2. The third kappa shape index (κ3) is 2.65. The number of piperidine rings is 1. The van der Waals surface area contributed by atoms with Crippen LogP contribution >= 0.6 is 0 Å². The zero-order chi connectivity index (χ0) is 20.1. The minimum atomic E-state index is -0.729. The summed E-state index contributed by atoms with van der Waals surface area (Å²) in [6.45, 7) is 5.44. The Labute approximate surface area is 165 Å². The fraction of sp³-hybridized carbons (Fsp3) is 0.545. The molecule has 0 radical (unpaired) electrons. The second-order valence-corrected chi connectivity index (χ2v) is 8.26. The lowest BCUT2D eigenvalue weighted by Gasteiger charge is -2.45. The molecule has 2 saturated heterocycles. The lowest BCUT2D eigenvalue weighted by atomic mass is 9.71. The molecule has 3 heterocycles. The molecule has 0 aromatic heterocycles. The smallest absolute Gasteiger partial charge is 0.195 e. The van der Waals surface area contributed by atoms with E-state index in [4.69, 9.17) is 4.74 Å². The molecule has 2 fully saturated rings. The Morgan fingerprint density at radius 2 is 2.25 bits per heavy atom. The van der Waals surface area contributed by atoms with Gasteiger partial charge in [0.15, 0.2) is 11.6 Å². The van der Waals surface area contributed by atoms with Gasteiger partial charge in [0.25, 0.3) is 0 Å². The van der Waals surface area contributed by atoms with Crippen LogP contribution in [0.3, 0.4) is 0 Å². The van der Waals surface area contributed by atoms with Gasteiger partial charge in [-0.25, -0.2) is 0 Å². The molecule has 2 N–H and O–H groups in total. The molecule has 4 rings (SSSR count). The molecule has 1 aromatic carbocycles. The van der Waals surface area contributed by atoms with Gasteiger partial charge in [-0.05, 0) is 43.7 Å². The van der Waals surface area contributed by atoms with Crippen LogP contribution in [0.25, 0.3) is 0 Å². The molecule has 0 amide bonds. The van der Waals surface area contributed by atoms with E-state index in [9.17, 15) is 14.7 Å². The summed E-state index contributed by atoms with van der Waals surface area (Å²) in [5.41, 5.74) is 1.09. The van der Waals surface area contributed by atoms with E-state index in [0.717, 1.165) is 25.9 Å². The van der Waals surface area contributed by atoms with E-state index in [1.165, 1.54) is 0 Å². The van der Waals surface area contributed by atoms with Gasteiger partial charge in [0.05, 0.1) is 18.9 Å². The van der Waals surface area contributed by atoms with Crippen LogP contribution in [0, 0.1) is 11.8 Å². The number of carbonyl (C=O) groups is 2. The number of methoxy groups -OCH3 is 1. The maximum atomic E-state index is 13.4. The zero-order valence-corrected chi connectivity index (χ0v) is 16.7. The van der Waals surface area contributed by atoms with Crippen LogP contribution < -0.4 is 5.32 Å². The van der Waals surface area contributed by atoms with Gasteiger partial charge in [-0.3, -0.25) is 14.5 Å². The highest BCUT2D eigenvalue weighted by Gasteiger charge is 2.59. The number of phenols is 1. The lowest BCUT2D eigenvalue weighted by molar-refractivity contribution is -0.114. The van der Waals surface area contributed by atoms with E-state index >= 15 is 0 Å². The number of anilines is 1. The van der Waals surface area contributed by atoms with Gasteiger partial charge in [-0.1, -0.05) is 19.4 Å². The van der Waals surface area contributed by atoms with Crippen molar-refractivity contribution in [3.8, 4) is 5.75 Å². The SMILES string of the molecule is CC[C@@H]1CN2CC[C@]3(Nc4cccc(O)c4C3=O)C2C[C@@H]1/C(=C\OC)C(C)=O. The Morgan fingerprint density at radius 3 is 2.89 bits per heavy atom. The summed E-state index contributed by atoms with van der Waals surface area (Å²) in [6.07, 6.45) is 3.98. The predicted octanol–water partition coefficient (Wildman–Crippen LogP) is 2.98. The van der Waals surface area contributed by atoms with Crippen molar-refractivity contribution in [2.45, 2.75) is 44.7 Å². The first-order chi connectivity index (χ1) is 13.4. The molecule has 150 valence electrons. The highest BCUT2D eigenvalue weighted by Crippen LogP contribution is 2.50. The number of rotatable bonds is 4. The summed E-state index contributed by atoms with van der Waals surface area (Å²) in [7, 11) is 1.57. The molecule has 28 heavy (non-hydrogen) atoms. The molecule has 6 heteroatoms. The number of allylic oxidation sites excluding steroid dienone is 1. The van der Waals surface area contributed by atoms with Crippen LogP contribution in [0.4, 0.5) is 5.69 Å². The van der Waals surface area contributed by atoms with Crippen LogP contribution in [-0.4, -0.2) is 53.4 Å². The third-order valence-corrected chi connectivity index (χ3v) is 6.93. The lowest BCUT2D eigenvalue weighted by Crippen LogP contribution is -2.57. The molecular weight excluding hydrogens is 356 g/mol. The fourth-order valence-corrected chi connectivity index (χ4v) is 5.55. The van der Waals surface area contributed by atoms with E-state index in [0.29, 0.717) is 29.2 Å². The monoisotopic (exact) mass is 384 g/mol. The first-order valence-corrected chi connectivity index (χ1v) is 10.1. The Hall–Kier alpha value is -2.34. The minimum absolute atomic E-state index is 0.0146. The van der Waals surface area contributed by atoms with Crippen molar-refractivity contribution in [1.82, 2.24) is 4.90 Å². The number of nitrogens with zero attached hydrogens (tertiary/aromatic N) is 1. The average Bonchev–Trinajstić information content (AvgIpc) is 3.17. The number of carbonyl (C=O) groups excluding carboxylic acids is 2. The maximum Gasteiger partial charge on any atom is 0.195 e. The molecule has 0 aliphatic carbocycles. The van der Waals surface area contributed by atoms with E-state index in [1.807, 2.05) is 6.07 Å². The first kappa shape index (κ1) is 19.0. The standard InChI is InChI=1S/C22H28N2O4/c1-4-14-11-24-9-8-22(19(24)10-15(14)16(12-28-3)13(2)25)21(27)20-17(23-22)6-5-7-18(20)26/h5-7,12,14-15,19,23,26H,4,8-11H2,1-3H3/b16-12-/t14-,15+,19?,22+/m1/s1. The van der Waals surface area contributed by atoms with Gasteiger partial charge >= 0.3 is 0 Å². The molecule has 0 bridgehead atoms. The van der Waals surface area contributed by atoms with Crippen molar-refractivity contribution in [3.05, 3.63) is 35.6 Å². The number of ether oxygens (including phenoxy) is 1. The summed E-state index contributed by atoms with van der Waals surface area (Å²) >= 11 is 0. The Balaban J connectivity index is 1.71. The molecule has 3 aliphatic rings. The van der Waals surface area contributed by atoms with Gasteiger partial charge in [0.2, 0.25) is 0 Å². The first-order valence-electron chi connectivity index (χ1n) is 10.1. The molecule has 0 saturated carbocycles. The van der Waals surface area contributed by atoms with Crippen LogP contribution in [0.5, 0.6) is 5.75 Å². The van der Waals surface area contributed by atoms with E-state index in [2.05, 4.69) is 17.1 Å². The van der Waals surface area contributed by atoms with Crippen molar-refractivity contribution >= 4 is 17.3 Å². The second kappa shape index (κ2) is 6.92. The number of Topliss-reactive ketones (excluding diaryl/α,β-unsaturated/α-hetero) is 2. The highest BCUT2D eigenvalue weighted by molar-refractivity contribution is 6.16. The van der Waals surface area contributed by atoms with E-state index < -0.39 is 5.54 Å². The Kier molecular flexibility index (Phi) is 4.70. The normalized spacial score (nSPS) is 32.2. The maximum absolute atomic E-state index is 13.4. The van der Waals surface area contributed by atoms with Crippen LogP contribution in [0.1, 0.15) is 43.5 Å². The van der Waals surface area contributed by atoms with Crippen LogP contribution in [-0.2, 0) is 9.53 Å². The molecular formula is C22H28N2O4. The van der Waals surface area contributed by atoms with E-state index in [1.54, 1.807) is 32.4 Å². The summed E-state index contributed by atoms with van der Waals surface area (Å²) in [4.78, 5) is 28.1. The van der Waals surface area contributed by atoms with Gasteiger partial charge in [0, 0.05) is 30.4 Å². The highest BCUT2D eigenvalue weighted by atomic mass is 16.5. The molecule has 1 aromatic rings. The molecule has 3 aliphatic heterocycles. The number of aromatic hydroxyl groups is 1. The van der Waals surface area contributed by atoms with Crippen molar-refractivity contribution in [2.24, 2.45) is 11.8 Å². The molecule has 4 atom stereocenters. The number of benzene rings is 1. The predicted molar refractivity (Wildman–Crippen MR) is 106 cm³/mol. The Bertz CT molecular complexity index is 849. The second-order valence-electron chi connectivity index (χ2n) is 8.26. The van der Waals surface area contributed by atoms with Gasteiger partial charge in [-0.2, -0.15) is 0 Å². The summed E-state index contributed by atoms with van der Waals surface area (Å²) < 4.78 is 5.22. The largest absolute Gasteiger partial charge is 0.507 e. The Morgan fingerprint density at radius 1 is 1.46 bits per heavy atom. The number of fused-ring (bicyclic) bond motifs is 3.